The molecule has 0 aromatic heterocycles. The summed E-state index contributed by atoms with van der Waals surface area (Å²) >= 11 is 0. The highest BCUT2D eigenvalue weighted by molar-refractivity contribution is 5.92. The Bertz CT molecular complexity index is 480. The molecule has 3 heteroatoms. The third kappa shape index (κ3) is 2.07. The van der Waals surface area contributed by atoms with Crippen molar-refractivity contribution in [1.29, 1.82) is 0 Å². The van der Waals surface area contributed by atoms with Gasteiger partial charge in [-0.15, -0.1) is 0 Å². The molecule has 0 atom stereocenters. The van der Waals surface area contributed by atoms with Crippen LogP contribution < -0.4 is 5.48 Å². The number of nitrogens with two attached hydrogens (primary N) is 1. The van der Waals surface area contributed by atoms with Crippen molar-refractivity contribution in [3.05, 3.63) is 42.0 Å². The van der Waals surface area contributed by atoms with Crippen molar-refractivity contribution in [2.24, 2.45) is 0 Å². The molecule has 16 heavy (non-hydrogen) atoms. The zero-order valence-corrected chi connectivity index (χ0v) is 9.57. The van der Waals surface area contributed by atoms with Crippen LogP contribution in [0, 0.1) is 0 Å². The maximum atomic E-state index is 9.34. The van der Waals surface area contributed by atoms with Crippen LogP contribution >= 0.6 is 0 Å². The van der Waals surface area contributed by atoms with Gasteiger partial charge < -0.3 is 5.48 Å². The predicted molar refractivity (Wildman–Crippen MR) is 65.0 cm³/mol. The normalized spacial score (nSPS) is 10.5. The quantitative estimate of drug-likeness (QED) is 0.587. The van der Waals surface area contributed by atoms with Gasteiger partial charge in [0, 0.05) is 10.9 Å². The number of rotatable bonds is 2. The third-order valence-electron chi connectivity index (χ3n) is 2.76. The van der Waals surface area contributed by atoms with E-state index in [1.165, 1.54) is 16.4 Å². The number of hydrogen-bond donors (Lipinski definition) is 2. The van der Waals surface area contributed by atoms with Gasteiger partial charge in [0.25, 0.3) is 0 Å². The van der Waals surface area contributed by atoms with Crippen LogP contribution in [0.2, 0.25) is 0 Å². The van der Waals surface area contributed by atoms with E-state index in [-0.39, 0.29) is 5.48 Å². The van der Waals surface area contributed by atoms with Crippen LogP contribution in [0.25, 0.3) is 10.8 Å². The lowest BCUT2D eigenvalue weighted by molar-refractivity contribution is -0.825. The van der Waals surface area contributed by atoms with Crippen molar-refractivity contribution in [3.63, 3.8) is 0 Å². The smallest absolute Gasteiger partial charge is 0.173 e. The summed E-state index contributed by atoms with van der Waals surface area (Å²) in [6.07, 6.45) is 0. The second-order valence-corrected chi connectivity index (χ2v) is 4.07. The van der Waals surface area contributed by atoms with Gasteiger partial charge in [-0.2, -0.15) is 5.48 Å². The molecule has 0 spiro atoms. The van der Waals surface area contributed by atoms with E-state index < -0.39 is 0 Å². The Morgan fingerprint density at radius 3 is 2.38 bits per heavy atom. The SMILES string of the molecule is CC(C)c1ccc2ccccc2c1[NH2+]O.O. The maximum Gasteiger partial charge on any atom is 0.173 e. The van der Waals surface area contributed by atoms with Gasteiger partial charge in [0.1, 0.15) is 0 Å². The van der Waals surface area contributed by atoms with Crippen LogP contribution in [0.5, 0.6) is 0 Å². The van der Waals surface area contributed by atoms with Gasteiger partial charge in [-0.1, -0.05) is 44.2 Å². The molecule has 2 aromatic carbocycles. The van der Waals surface area contributed by atoms with Crippen molar-refractivity contribution in [1.82, 2.24) is 0 Å². The Balaban J connectivity index is 0.00000128. The summed E-state index contributed by atoms with van der Waals surface area (Å²) in [5.41, 5.74) is 3.36. The molecule has 3 nitrogen and oxygen atoms in total. The molecule has 0 unspecified atom stereocenters. The van der Waals surface area contributed by atoms with Crippen LogP contribution in [-0.4, -0.2) is 10.7 Å². The largest absolute Gasteiger partial charge is 0.412 e. The first-order valence-corrected chi connectivity index (χ1v) is 5.23. The van der Waals surface area contributed by atoms with Crippen molar-refractivity contribution >= 4 is 16.5 Å². The van der Waals surface area contributed by atoms with Crippen molar-refractivity contribution in [3.8, 4) is 0 Å². The van der Waals surface area contributed by atoms with E-state index in [0.717, 1.165) is 11.1 Å². The molecule has 0 amide bonds. The zero-order chi connectivity index (χ0) is 10.8. The fourth-order valence-electron chi connectivity index (χ4n) is 1.96. The first-order chi connectivity index (χ1) is 7.24. The van der Waals surface area contributed by atoms with Crippen LogP contribution in [0.1, 0.15) is 25.3 Å². The minimum atomic E-state index is 0. The molecule has 0 radical (unpaired) electrons. The molecule has 0 bridgehead atoms. The molecular formula is C13H18NO2+. The average Bonchev–Trinajstić information content (AvgIpc) is 2.27. The van der Waals surface area contributed by atoms with E-state index in [2.05, 4.69) is 32.0 Å². The molecule has 5 N–H and O–H groups in total. The maximum absolute atomic E-state index is 9.34. The number of benzene rings is 2. The molecular weight excluding hydrogens is 202 g/mol. The lowest BCUT2D eigenvalue weighted by Gasteiger charge is -2.10. The fourth-order valence-corrected chi connectivity index (χ4v) is 1.96. The van der Waals surface area contributed by atoms with Crippen molar-refractivity contribution in [2.75, 3.05) is 0 Å². The van der Waals surface area contributed by atoms with Crippen molar-refractivity contribution < 1.29 is 16.2 Å². The predicted octanol–water partition coefficient (Wildman–Crippen LogP) is 1.72. The Hall–Kier alpha value is -1.42. The number of quaternary nitrogens is 1. The summed E-state index contributed by atoms with van der Waals surface area (Å²) in [6, 6.07) is 12.3. The Morgan fingerprint density at radius 2 is 1.75 bits per heavy atom. The summed E-state index contributed by atoms with van der Waals surface area (Å²) in [6.45, 7) is 4.27. The van der Waals surface area contributed by atoms with E-state index >= 15 is 0 Å². The van der Waals surface area contributed by atoms with Crippen LogP contribution in [0.3, 0.4) is 0 Å². The van der Waals surface area contributed by atoms with Gasteiger partial charge in [-0.05, 0) is 17.4 Å². The summed E-state index contributed by atoms with van der Waals surface area (Å²) < 4.78 is 0. The van der Waals surface area contributed by atoms with E-state index in [1.54, 1.807) is 0 Å². The highest BCUT2D eigenvalue weighted by Crippen LogP contribution is 2.28. The summed E-state index contributed by atoms with van der Waals surface area (Å²) in [5, 5.41) is 11.6. The second kappa shape index (κ2) is 5.07. The highest BCUT2D eigenvalue weighted by Gasteiger charge is 2.13. The Labute approximate surface area is 95.0 Å². The Kier molecular flexibility index (Phi) is 4.01. The minimum absolute atomic E-state index is 0. The van der Waals surface area contributed by atoms with Crippen LogP contribution in [0.4, 0.5) is 5.69 Å². The summed E-state index contributed by atoms with van der Waals surface area (Å²) in [5.74, 6) is 0.424. The monoisotopic (exact) mass is 220 g/mol. The van der Waals surface area contributed by atoms with E-state index in [0.29, 0.717) is 5.92 Å². The first kappa shape index (κ1) is 12.6. The number of hydrogen-bond acceptors (Lipinski definition) is 1. The van der Waals surface area contributed by atoms with Gasteiger partial charge in [-0.25, -0.2) is 5.21 Å². The minimum Gasteiger partial charge on any atom is -0.412 e. The van der Waals surface area contributed by atoms with Gasteiger partial charge in [0.15, 0.2) is 5.69 Å². The van der Waals surface area contributed by atoms with Crippen LogP contribution in [-0.2, 0) is 0 Å². The zero-order valence-electron chi connectivity index (χ0n) is 9.57. The molecule has 2 rings (SSSR count). The molecule has 0 heterocycles. The number of fused-ring (bicyclic) bond motifs is 1. The van der Waals surface area contributed by atoms with Gasteiger partial charge in [0.05, 0.1) is 0 Å². The van der Waals surface area contributed by atoms with Gasteiger partial charge in [0.2, 0.25) is 0 Å². The molecule has 0 aliphatic carbocycles. The molecule has 2 aromatic rings. The lowest BCUT2D eigenvalue weighted by Crippen LogP contribution is -2.74. The fraction of sp³-hybridized carbons (Fsp3) is 0.231. The molecule has 0 aliphatic rings. The standard InChI is InChI=1S/C13H15NO.H2O/c1-9(2)11-8-7-10-5-3-4-6-12(10)13(11)14-15;/h3-9,14-15H,1-2H3;1H2/p+1. The van der Waals surface area contributed by atoms with E-state index in [1.807, 2.05) is 18.2 Å². The van der Waals surface area contributed by atoms with Crippen LogP contribution in [0.15, 0.2) is 36.4 Å². The summed E-state index contributed by atoms with van der Waals surface area (Å²) in [7, 11) is 0. The Morgan fingerprint density at radius 1 is 1.06 bits per heavy atom. The third-order valence-corrected chi connectivity index (χ3v) is 2.76. The average molecular weight is 220 g/mol. The van der Waals surface area contributed by atoms with Gasteiger partial charge in [-0.3, -0.25) is 0 Å². The second-order valence-electron chi connectivity index (χ2n) is 4.07. The molecule has 0 aliphatic heterocycles. The topological polar surface area (TPSA) is 68.3 Å². The van der Waals surface area contributed by atoms with E-state index in [4.69, 9.17) is 0 Å². The highest BCUT2D eigenvalue weighted by atomic mass is 16.5. The summed E-state index contributed by atoms with van der Waals surface area (Å²) in [4.78, 5) is 0. The first-order valence-electron chi connectivity index (χ1n) is 5.23. The molecule has 86 valence electrons. The van der Waals surface area contributed by atoms with Crippen molar-refractivity contribution in [2.45, 2.75) is 19.8 Å². The lowest BCUT2D eigenvalue weighted by atomic mass is 9.97. The van der Waals surface area contributed by atoms with Gasteiger partial charge >= 0.3 is 0 Å². The molecule has 0 saturated heterocycles. The molecule has 0 fully saturated rings. The molecule has 0 saturated carbocycles. The van der Waals surface area contributed by atoms with E-state index in [9.17, 15) is 5.21 Å².